The monoisotopic (exact) mass is 200 g/mol. The zero-order valence-corrected chi connectivity index (χ0v) is 9.12. The lowest BCUT2D eigenvalue weighted by atomic mass is 9.98. The Morgan fingerprint density at radius 1 is 1.43 bits per heavy atom. The van der Waals surface area contributed by atoms with Gasteiger partial charge in [0.2, 0.25) is 0 Å². The second-order valence-corrected chi connectivity index (χ2v) is 4.01. The van der Waals surface area contributed by atoms with Crippen LogP contribution in [0.2, 0.25) is 0 Å². The summed E-state index contributed by atoms with van der Waals surface area (Å²) in [4.78, 5) is 11.5. The van der Waals surface area contributed by atoms with Gasteiger partial charge in [0.1, 0.15) is 5.78 Å². The number of carbonyl (C=O) groups is 1. The molecule has 1 atom stereocenters. The van der Waals surface area contributed by atoms with Crippen LogP contribution >= 0.6 is 0 Å². The summed E-state index contributed by atoms with van der Waals surface area (Å²) in [5, 5.41) is 0. The molecule has 0 aromatic rings. The standard InChI is InChI=1S/C11H20O3/c1-3-4-9(2)7-10(12)8-11-13-5-6-14-11/h9,11H,3-8H2,1-2H3. The van der Waals surface area contributed by atoms with Gasteiger partial charge in [0.05, 0.1) is 19.6 Å². The van der Waals surface area contributed by atoms with Crippen molar-refractivity contribution in [2.24, 2.45) is 5.92 Å². The Hall–Kier alpha value is -0.410. The van der Waals surface area contributed by atoms with Gasteiger partial charge < -0.3 is 9.47 Å². The van der Waals surface area contributed by atoms with E-state index in [0.29, 0.717) is 32.0 Å². The Labute approximate surface area is 85.8 Å². The van der Waals surface area contributed by atoms with Crippen molar-refractivity contribution in [3.8, 4) is 0 Å². The number of carbonyl (C=O) groups excluding carboxylic acids is 1. The zero-order valence-electron chi connectivity index (χ0n) is 9.12. The maximum absolute atomic E-state index is 11.5. The maximum atomic E-state index is 11.5. The van der Waals surface area contributed by atoms with Crippen LogP contribution in [0.5, 0.6) is 0 Å². The summed E-state index contributed by atoms with van der Waals surface area (Å²) in [6.45, 7) is 5.52. The SMILES string of the molecule is CCCC(C)CC(=O)CC1OCCO1. The van der Waals surface area contributed by atoms with Crippen LogP contribution in [0, 0.1) is 5.92 Å². The summed E-state index contributed by atoms with van der Waals surface area (Å²) in [5.74, 6) is 0.756. The summed E-state index contributed by atoms with van der Waals surface area (Å²) in [6.07, 6.45) is 3.09. The Balaban J connectivity index is 2.14. The molecule has 0 aromatic heterocycles. The molecular weight excluding hydrogens is 180 g/mol. The number of hydrogen-bond acceptors (Lipinski definition) is 3. The van der Waals surface area contributed by atoms with E-state index >= 15 is 0 Å². The first-order valence-corrected chi connectivity index (χ1v) is 5.47. The van der Waals surface area contributed by atoms with Gasteiger partial charge in [-0.15, -0.1) is 0 Å². The van der Waals surface area contributed by atoms with Gasteiger partial charge in [0, 0.05) is 6.42 Å². The Morgan fingerprint density at radius 2 is 2.07 bits per heavy atom. The van der Waals surface area contributed by atoms with Gasteiger partial charge in [-0.25, -0.2) is 0 Å². The van der Waals surface area contributed by atoms with Gasteiger partial charge in [-0.05, 0) is 5.92 Å². The summed E-state index contributed by atoms with van der Waals surface area (Å²) >= 11 is 0. The molecule has 1 saturated heterocycles. The summed E-state index contributed by atoms with van der Waals surface area (Å²) in [6, 6.07) is 0. The quantitative estimate of drug-likeness (QED) is 0.659. The van der Waals surface area contributed by atoms with Gasteiger partial charge in [-0.1, -0.05) is 26.7 Å². The van der Waals surface area contributed by atoms with Gasteiger partial charge >= 0.3 is 0 Å². The van der Waals surface area contributed by atoms with Gasteiger partial charge in [0.25, 0.3) is 0 Å². The van der Waals surface area contributed by atoms with Crippen molar-refractivity contribution in [2.45, 2.75) is 45.8 Å². The van der Waals surface area contributed by atoms with E-state index in [0.717, 1.165) is 12.8 Å². The van der Waals surface area contributed by atoms with Gasteiger partial charge in [-0.3, -0.25) is 4.79 Å². The maximum Gasteiger partial charge on any atom is 0.164 e. The molecule has 0 aliphatic carbocycles. The summed E-state index contributed by atoms with van der Waals surface area (Å²) < 4.78 is 10.4. The molecule has 1 aliphatic heterocycles. The van der Waals surface area contributed by atoms with Gasteiger partial charge in [-0.2, -0.15) is 0 Å². The zero-order chi connectivity index (χ0) is 10.4. The molecule has 1 unspecified atom stereocenters. The van der Waals surface area contributed by atoms with Crippen molar-refractivity contribution in [3.63, 3.8) is 0 Å². The Morgan fingerprint density at radius 3 is 2.64 bits per heavy atom. The molecule has 1 fully saturated rings. The van der Waals surface area contributed by atoms with Crippen LogP contribution in [0.4, 0.5) is 0 Å². The number of hydrogen-bond donors (Lipinski definition) is 0. The van der Waals surface area contributed by atoms with E-state index in [2.05, 4.69) is 13.8 Å². The predicted octanol–water partition coefficient (Wildman–Crippen LogP) is 2.14. The lowest BCUT2D eigenvalue weighted by molar-refractivity contribution is -0.128. The van der Waals surface area contributed by atoms with Crippen LogP contribution in [0.15, 0.2) is 0 Å². The van der Waals surface area contributed by atoms with E-state index in [1.165, 1.54) is 0 Å². The highest BCUT2D eigenvalue weighted by atomic mass is 16.7. The third kappa shape index (κ3) is 4.20. The molecule has 3 nitrogen and oxygen atoms in total. The van der Waals surface area contributed by atoms with Gasteiger partial charge in [0.15, 0.2) is 6.29 Å². The fourth-order valence-corrected chi connectivity index (χ4v) is 1.78. The highest BCUT2D eigenvalue weighted by molar-refractivity contribution is 5.78. The number of rotatable bonds is 6. The highest BCUT2D eigenvalue weighted by Gasteiger charge is 2.20. The normalized spacial score (nSPS) is 19.9. The molecule has 3 heteroatoms. The largest absolute Gasteiger partial charge is 0.350 e. The smallest absolute Gasteiger partial charge is 0.164 e. The van der Waals surface area contributed by atoms with E-state index < -0.39 is 0 Å². The fourth-order valence-electron chi connectivity index (χ4n) is 1.78. The van der Waals surface area contributed by atoms with Crippen molar-refractivity contribution in [3.05, 3.63) is 0 Å². The topological polar surface area (TPSA) is 35.5 Å². The number of ketones is 1. The van der Waals surface area contributed by atoms with Crippen molar-refractivity contribution in [1.82, 2.24) is 0 Å². The van der Waals surface area contributed by atoms with Crippen LogP contribution in [0.1, 0.15) is 39.5 Å². The molecule has 0 spiro atoms. The predicted molar refractivity (Wildman–Crippen MR) is 54.0 cm³/mol. The van der Waals surface area contributed by atoms with E-state index in [1.54, 1.807) is 0 Å². The molecule has 0 bridgehead atoms. The number of Topliss-reactive ketones (excluding diaryl/α,β-unsaturated/α-hetero) is 1. The second-order valence-electron chi connectivity index (χ2n) is 4.01. The lowest BCUT2D eigenvalue weighted by Gasteiger charge is -2.11. The second kappa shape index (κ2) is 6.14. The third-order valence-corrected chi connectivity index (χ3v) is 2.44. The van der Waals surface area contributed by atoms with Crippen LogP contribution in [-0.2, 0) is 14.3 Å². The molecule has 1 heterocycles. The molecule has 0 saturated carbocycles. The summed E-state index contributed by atoms with van der Waals surface area (Å²) in [5.41, 5.74) is 0. The van der Waals surface area contributed by atoms with Crippen molar-refractivity contribution >= 4 is 5.78 Å². The molecule has 1 rings (SSSR count). The first-order chi connectivity index (χ1) is 6.72. The highest BCUT2D eigenvalue weighted by Crippen LogP contribution is 2.15. The van der Waals surface area contributed by atoms with E-state index in [9.17, 15) is 4.79 Å². The average molecular weight is 200 g/mol. The van der Waals surface area contributed by atoms with Crippen LogP contribution < -0.4 is 0 Å². The van der Waals surface area contributed by atoms with Crippen molar-refractivity contribution in [1.29, 1.82) is 0 Å². The minimum atomic E-state index is -0.267. The molecular formula is C11H20O3. The van der Waals surface area contributed by atoms with E-state index in [1.807, 2.05) is 0 Å². The molecule has 0 radical (unpaired) electrons. The minimum Gasteiger partial charge on any atom is -0.350 e. The van der Waals surface area contributed by atoms with E-state index in [-0.39, 0.29) is 12.1 Å². The molecule has 14 heavy (non-hydrogen) atoms. The number of ether oxygens (including phenoxy) is 2. The Kier molecular flexibility index (Phi) is 5.12. The Bertz CT molecular complexity index is 173. The lowest BCUT2D eigenvalue weighted by Crippen LogP contribution is -2.16. The minimum absolute atomic E-state index is 0.262. The first-order valence-electron chi connectivity index (χ1n) is 5.47. The third-order valence-electron chi connectivity index (χ3n) is 2.44. The molecule has 0 amide bonds. The van der Waals surface area contributed by atoms with E-state index in [4.69, 9.17) is 9.47 Å². The summed E-state index contributed by atoms with van der Waals surface area (Å²) in [7, 11) is 0. The first kappa shape index (κ1) is 11.7. The molecule has 1 aliphatic rings. The fraction of sp³-hybridized carbons (Fsp3) is 0.909. The van der Waals surface area contributed by atoms with Crippen molar-refractivity contribution in [2.75, 3.05) is 13.2 Å². The van der Waals surface area contributed by atoms with Crippen LogP contribution in [0.25, 0.3) is 0 Å². The average Bonchev–Trinajstić information content (AvgIpc) is 2.56. The van der Waals surface area contributed by atoms with Crippen LogP contribution in [-0.4, -0.2) is 25.3 Å². The van der Waals surface area contributed by atoms with Crippen LogP contribution in [0.3, 0.4) is 0 Å². The van der Waals surface area contributed by atoms with Crippen molar-refractivity contribution < 1.29 is 14.3 Å². The molecule has 0 N–H and O–H groups in total. The molecule has 82 valence electrons. The molecule has 0 aromatic carbocycles.